The van der Waals surface area contributed by atoms with Crippen LogP contribution in [0.3, 0.4) is 0 Å². The number of amides is 1. The van der Waals surface area contributed by atoms with Crippen molar-refractivity contribution in [1.82, 2.24) is 5.32 Å². The number of nitrogens with two attached hydrogens (primary N) is 1. The smallest absolute Gasteiger partial charge is 0.224 e. The third-order valence-electron chi connectivity index (χ3n) is 2.13. The first-order valence-corrected chi connectivity index (χ1v) is 4.92. The minimum Gasteiger partial charge on any atom is -0.352 e. The Bertz CT molecular complexity index is 347. The maximum absolute atomic E-state index is 11.4. The minimum absolute atomic E-state index is 0.00389. The molecule has 0 atom stereocenters. The first-order chi connectivity index (χ1) is 7.27. The summed E-state index contributed by atoms with van der Waals surface area (Å²) in [5.74, 6) is -0.00389. The zero-order valence-corrected chi connectivity index (χ0v) is 8.70. The lowest BCUT2D eigenvalue weighted by atomic mass is 10.0. The zero-order valence-electron chi connectivity index (χ0n) is 8.70. The summed E-state index contributed by atoms with van der Waals surface area (Å²) in [7, 11) is 0. The summed E-state index contributed by atoms with van der Waals surface area (Å²) in [5.41, 5.74) is 7.59. The Hall–Kier alpha value is -1.61. The standard InChI is InChI=1S/C12H16N2O/c1-2-7-14-12(15)8-10-5-3-4-6-11(10)9-13/h2-6H,1,7-9,13H2,(H,14,15). The fourth-order valence-corrected chi connectivity index (χ4v) is 1.35. The lowest BCUT2D eigenvalue weighted by Crippen LogP contribution is -2.25. The Morgan fingerprint density at radius 2 is 2.07 bits per heavy atom. The maximum Gasteiger partial charge on any atom is 0.224 e. The van der Waals surface area contributed by atoms with E-state index in [9.17, 15) is 4.79 Å². The van der Waals surface area contributed by atoms with Gasteiger partial charge >= 0.3 is 0 Å². The van der Waals surface area contributed by atoms with E-state index < -0.39 is 0 Å². The van der Waals surface area contributed by atoms with Crippen molar-refractivity contribution in [2.75, 3.05) is 6.54 Å². The van der Waals surface area contributed by atoms with E-state index in [1.54, 1.807) is 6.08 Å². The van der Waals surface area contributed by atoms with Crippen molar-refractivity contribution in [3.8, 4) is 0 Å². The molecule has 0 aliphatic carbocycles. The van der Waals surface area contributed by atoms with Crippen LogP contribution in [0.15, 0.2) is 36.9 Å². The lowest BCUT2D eigenvalue weighted by molar-refractivity contribution is -0.120. The number of hydrogen-bond donors (Lipinski definition) is 2. The molecule has 0 bridgehead atoms. The Morgan fingerprint density at radius 3 is 2.67 bits per heavy atom. The highest BCUT2D eigenvalue weighted by Crippen LogP contribution is 2.08. The molecule has 1 aromatic carbocycles. The van der Waals surface area contributed by atoms with Crippen molar-refractivity contribution >= 4 is 5.91 Å². The number of rotatable bonds is 5. The van der Waals surface area contributed by atoms with Gasteiger partial charge in [0.2, 0.25) is 5.91 Å². The molecule has 1 aromatic rings. The molecule has 0 spiro atoms. The third kappa shape index (κ3) is 3.56. The van der Waals surface area contributed by atoms with Gasteiger partial charge in [-0.1, -0.05) is 30.3 Å². The zero-order chi connectivity index (χ0) is 11.1. The second-order valence-corrected chi connectivity index (χ2v) is 3.24. The summed E-state index contributed by atoms with van der Waals surface area (Å²) in [6.45, 7) is 4.51. The van der Waals surface area contributed by atoms with Gasteiger partial charge in [-0.25, -0.2) is 0 Å². The van der Waals surface area contributed by atoms with Gasteiger partial charge < -0.3 is 11.1 Å². The van der Waals surface area contributed by atoms with Gasteiger partial charge in [-0.2, -0.15) is 0 Å². The maximum atomic E-state index is 11.4. The quantitative estimate of drug-likeness (QED) is 0.703. The number of carbonyl (C=O) groups is 1. The van der Waals surface area contributed by atoms with Crippen LogP contribution in [-0.2, 0) is 17.8 Å². The van der Waals surface area contributed by atoms with E-state index in [2.05, 4.69) is 11.9 Å². The number of carbonyl (C=O) groups excluding carboxylic acids is 1. The summed E-state index contributed by atoms with van der Waals surface area (Å²) in [4.78, 5) is 11.4. The third-order valence-corrected chi connectivity index (χ3v) is 2.13. The molecule has 0 heterocycles. The van der Waals surface area contributed by atoms with Crippen LogP contribution in [0.4, 0.5) is 0 Å². The molecule has 80 valence electrons. The first-order valence-electron chi connectivity index (χ1n) is 4.92. The number of benzene rings is 1. The second kappa shape index (κ2) is 5.98. The van der Waals surface area contributed by atoms with Gasteiger partial charge in [0.1, 0.15) is 0 Å². The highest BCUT2D eigenvalue weighted by Gasteiger charge is 2.05. The normalized spacial score (nSPS) is 9.67. The molecule has 0 saturated heterocycles. The van der Waals surface area contributed by atoms with E-state index >= 15 is 0 Å². The van der Waals surface area contributed by atoms with Crippen LogP contribution in [-0.4, -0.2) is 12.5 Å². The van der Waals surface area contributed by atoms with E-state index in [-0.39, 0.29) is 5.91 Å². The molecule has 1 rings (SSSR count). The summed E-state index contributed by atoms with van der Waals surface area (Å²) >= 11 is 0. The molecule has 0 aliphatic rings. The Morgan fingerprint density at radius 1 is 1.40 bits per heavy atom. The molecular weight excluding hydrogens is 188 g/mol. The lowest BCUT2D eigenvalue weighted by Gasteiger charge is -2.07. The van der Waals surface area contributed by atoms with Crippen LogP contribution in [0.1, 0.15) is 11.1 Å². The Kier molecular flexibility index (Phi) is 4.57. The van der Waals surface area contributed by atoms with E-state index in [1.807, 2.05) is 24.3 Å². The summed E-state index contributed by atoms with van der Waals surface area (Å²) in [5, 5.41) is 2.73. The topological polar surface area (TPSA) is 55.1 Å². The highest BCUT2D eigenvalue weighted by atomic mass is 16.1. The van der Waals surface area contributed by atoms with E-state index in [0.29, 0.717) is 19.5 Å². The van der Waals surface area contributed by atoms with Crippen molar-refractivity contribution in [3.63, 3.8) is 0 Å². The van der Waals surface area contributed by atoms with Crippen LogP contribution in [0, 0.1) is 0 Å². The number of hydrogen-bond acceptors (Lipinski definition) is 2. The average Bonchev–Trinajstić information content (AvgIpc) is 2.27. The van der Waals surface area contributed by atoms with Crippen LogP contribution in [0.25, 0.3) is 0 Å². The number of nitrogens with one attached hydrogen (secondary N) is 1. The van der Waals surface area contributed by atoms with Crippen LogP contribution < -0.4 is 11.1 Å². The molecule has 0 aromatic heterocycles. The summed E-state index contributed by atoms with van der Waals surface area (Å²) in [6, 6.07) is 7.70. The van der Waals surface area contributed by atoms with Crippen molar-refractivity contribution in [3.05, 3.63) is 48.0 Å². The van der Waals surface area contributed by atoms with Gasteiger partial charge in [0.05, 0.1) is 6.42 Å². The van der Waals surface area contributed by atoms with Gasteiger partial charge in [0.15, 0.2) is 0 Å². The van der Waals surface area contributed by atoms with Crippen LogP contribution in [0.5, 0.6) is 0 Å². The molecule has 0 radical (unpaired) electrons. The fraction of sp³-hybridized carbons (Fsp3) is 0.250. The molecule has 0 fully saturated rings. The first kappa shape index (κ1) is 11.5. The van der Waals surface area contributed by atoms with Crippen molar-refractivity contribution in [2.24, 2.45) is 5.73 Å². The average molecular weight is 204 g/mol. The summed E-state index contributed by atoms with van der Waals surface area (Å²) < 4.78 is 0. The molecule has 3 nitrogen and oxygen atoms in total. The van der Waals surface area contributed by atoms with Gasteiger partial charge in [-0.15, -0.1) is 6.58 Å². The van der Waals surface area contributed by atoms with Crippen molar-refractivity contribution in [2.45, 2.75) is 13.0 Å². The van der Waals surface area contributed by atoms with Gasteiger partial charge in [0, 0.05) is 13.1 Å². The molecule has 0 unspecified atom stereocenters. The highest BCUT2D eigenvalue weighted by molar-refractivity contribution is 5.79. The Labute approximate surface area is 90.0 Å². The molecule has 3 N–H and O–H groups in total. The minimum atomic E-state index is -0.00389. The predicted octanol–water partition coefficient (Wildman–Crippen LogP) is 0.990. The molecule has 0 aliphatic heterocycles. The second-order valence-electron chi connectivity index (χ2n) is 3.24. The predicted molar refractivity (Wildman–Crippen MR) is 61.2 cm³/mol. The van der Waals surface area contributed by atoms with Gasteiger partial charge in [-0.05, 0) is 11.1 Å². The molecule has 15 heavy (non-hydrogen) atoms. The van der Waals surface area contributed by atoms with E-state index in [0.717, 1.165) is 11.1 Å². The molecular formula is C12H16N2O. The fourth-order valence-electron chi connectivity index (χ4n) is 1.35. The van der Waals surface area contributed by atoms with Gasteiger partial charge in [-0.3, -0.25) is 4.79 Å². The van der Waals surface area contributed by atoms with Gasteiger partial charge in [0.25, 0.3) is 0 Å². The largest absolute Gasteiger partial charge is 0.352 e. The van der Waals surface area contributed by atoms with Crippen molar-refractivity contribution < 1.29 is 4.79 Å². The monoisotopic (exact) mass is 204 g/mol. The van der Waals surface area contributed by atoms with Crippen molar-refractivity contribution in [1.29, 1.82) is 0 Å². The van der Waals surface area contributed by atoms with Crippen LogP contribution in [0.2, 0.25) is 0 Å². The van der Waals surface area contributed by atoms with Crippen LogP contribution >= 0.6 is 0 Å². The van der Waals surface area contributed by atoms with E-state index in [4.69, 9.17) is 5.73 Å². The summed E-state index contributed by atoms with van der Waals surface area (Å²) in [6.07, 6.45) is 2.04. The molecule has 3 heteroatoms. The van der Waals surface area contributed by atoms with E-state index in [1.165, 1.54) is 0 Å². The Balaban J connectivity index is 2.63. The molecule has 1 amide bonds. The molecule has 0 saturated carbocycles. The SMILES string of the molecule is C=CCNC(=O)Cc1ccccc1CN.